The lowest BCUT2D eigenvalue weighted by atomic mass is 10.1. The van der Waals surface area contributed by atoms with Crippen LogP contribution in [-0.4, -0.2) is 27.3 Å². The molecule has 2 heterocycles. The van der Waals surface area contributed by atoms with Crippen LogP contribution in [0.3, 0.4) is 0 Å². The molecule has 0 bridgehead atoms. The number of rotatable bonds is 4. The maximum atomic E-state index is 13.0. The number of fused-ring (bicyclic) bond motifs is 1. The number of methoxy groups -OCH3 is 1. The van der Waals surface area contributed by atoms with Crippen LogP contribution in [0.1, 0.15) is 5.56 Å². The fraction of sp³-hybridized carbons (Fsp3) is 0.111. The lowest BCUT2D eigenvalue weighted by molar-refractivity contribution is 0.414. The van der Waals surface area contributed by atoms with Crippen LogP contribution < -0.4 is 10.4 Å². The van der Waals surface area contributed by atoms with Crippen LogP contribution in [0.15, 0.2) is 57.7 Å². The monoisotopic (exact) mass is 352 g/mol. The standard InChI is InChI=1S/C18H13FN4O3/c1-25-14-6-7-15-12(8-17(24)26-16(15)9-14)10-23-21-18(20-22-23)11-2-4-13(19)5-3-11/h2-9H,10H2,1H3. The molecule has 0 N–H and O–H groups in total. The molecule has 2 aromatic carbocycles. The summed E-state index contributed by atoms with van der Waals surface area (Å²) in [5, 5.41) is 13.0. The fourth-order valence-electron chi connectivity index (χ4n) is 2.65. The van der Waals surface area contributed by atoms with Crippen LogP contribution in [0, 0.1) is 5.82 Å². The maximum Gasteiger partial charge on any atom is 0.336 e. The number of benzene rings is 2. The predicted octanol–water partition coefficient (Wildman–Crippen LogP) is 2.64. The minimum absolute atomic E-state index is 0.239. The van der Waals surface area contributed by atoms with E-state index in [2.05, 4.69) is 15.4 Å². The molecule has 4 aromatic rings. The Morgan fingerprint density at radius 1 is 1.15 bits per heavy atom. The number of tetrazole rings is 1. The molecule has 0 fully saturated rings. The summed E-state index contributed by atoms with van der Waals surface area (Å²) in [6.45, 7) is 0.239. The van der Waals surface area contributed by atoms with Crippen molar-refractivity contribution in [1.82, 2.24) is 20.2 Å². The summed E-state index contributed by atoms with van der Waals surface area (Å²) >= 11 is 0. The van der Waals surface area contributed by atoms with E-state index >= 15 is 0 Å². The van der Waals surface area contributed by atoms with E-state index in [1.807, 2.05) is 6.07 Å². The van der Waals surface area contributed by atoms with Gasteiger partial charge in [0.15, 0.2) is 0 Å². The van der Waals surface area contributed by atoms with Crippen LogP contribution in [-0.2, 0) is 6.54 Å². The summed E-state index contributed by atoms with van der Waals surface area (Å²) in [6, 6.07) is 12.5. The third-order valence-corrected chi connectivity index (χ3v) is 3.90. The van der Waals surface area contributed by atoms with Gasteiger partial charge >= 0.3 is 5.63 Å². The average Bonchev–Trinajstić information content (AvgIpc) is 3.10. The lowest BCUT2D eigenvalue weighted by Gasteiger charge is -2.06. The van der Waals surface area contributed by atoms with Crippen LogP contribution in [0.4, 0.5) is 4.39 Å². The topological polar surface area (TPSA) is 83.0 Å². The minimum atomic E-state index is -0.473. The van der Waals surface area contributed by atoms with Gasteiger partial charge in [-0.2, -0.15) is 4.80 Å². The van der Waals surface area contributed by atoms with Crippen molar-refractivity contribution in [1.29, 1.82) is 0 Å². The van der Waals surface area contributed by atoms with Gasteiger partial charge < -0.3 is 9.15 Å². The molecule has 130 valence electrons. The second kappa shape index (κ2) is 6.40. The molecule has 0 radical (unpaired) electrons. The molecule has 0 saturated heterocycles. The number of ether oxygens (including phenoxy) is 1. The molecule has 2 aromatic heterocycles. The first kappa shape index (κ1) is 15.9. The van der Waals surface area contributed by atoms with E-state index in [0.29, 0.717) is 28.3 Å². The van der Waals surface area contributed by atoms with Crippen molar-refractivity contribution >= 4 is 11.0 Å². The molecular formula is C18H13FN4O3. The largest absolute Gasteiger partial charge is 0.497 e. The third kappa shape index (κ3) is 3.04. The van der Waals surface area contributed by atoms with E-state index in [0.717, 1.165) is 5.39 Å². The third-order valence-electron chi connectivity index (χ3n) is 3.90. The van der Waals surface area contributed by atoms with E-state index in [1.54, 1.807) is 31.4 Å². The minimum Gasteiger partial charge on any atom is -0.497 e. The predicted molar refractivity (Wildman–Crippen MR) is 91.3 cm³/mol. The molecule has 0 amide bonds. The summed E-state index contributed by atoms with van der Waals surface area (Å²) in [5.41, 5.74) is 1.30. The summed E-state index contributed by atoms with van der Waals surface area (Å²) < 4.78 is 23.4. The fourth-order valence-corrected chi connectivity index (χ4v) is 2.65. The molecule has 0 spiro atoms. The molecule has 8 heteroatoms. The number of halogens is 1. The van der Waals surface area contributed by atoms with Gasteiger partial charge in [-0.15, -0.1) is 10.2 Å². The van der Waals surface area contributed by atoms with Crippen molar-refractivity contribution in [2.24, 2.45) is 0 Å². The van der Waals surface area contributed by atoms with Gasteiger partial charge in [-0.1, -0.05) is 0 Å². The first-order chi connectivity index (χ1) is 12.6. The van der Waals surface area contributed by atoms with Crippen molar-refractivity contribution in [3.05, 3.63) is 70.3 Å². The maximum absolute atomic E-state index is 13.0. The highest BCUT2D eigenvalue weighted by atomic mass is 19.1. The zero-order chi connectivity index (χ0) is 18.1. The van der Waals surface area contributed by atoms with E-state index < -0.39 is 5.63 Å². The first-order valence-corrected chi connectivity index (χ1v) is 7.77. The molecule has 0 aliphatic heterocycles. The van der Waals surface area contributed by atoms with E-state index in [-0.39, 0.29) is 12.4 Å². The van der Waals surface area contributed by atoms with Crippen molar-refractivity contribution < 1.29 is 13.5 Å². The summed E-state index contributed by atoms with van der Waals surface area (Å²) in [7, 11) is 1.54. The highest BCUT2D eigenvalue weighted by Gasteiger charge is 2.11. The van der Waals surface area contributed by atoms with Crippen molar-refractivity contribution in [2.45, 2.75) is 6.54 Å². The number of aromatic nitrogens is 4. The molecular weight excluding hydrogens is 339 g/mol. The molecule has 0 unspecified atom stereocenters. The zero-order valence-electron chi connectivity index (χ0n) is 13.7. The van der Waals surface area contributed by atoms with Gasteiger partial charge in [0.1, 0.15) is 17.1 Å². The normalized spacial score (nSPS) is 11.0. The summed E-state index contributed by atoms with van der Waals surface area (Å²) in [6.07, 6.45) is 0. The van der Waals surface area contributed by atoms with Crippen LogP contribution in [0.5, 0.6) is 5.75 Å². The van der Waals surface area contributed by atoms with Gasteiger partial charge in [-0.3, -0.25) is 0 Å². The molecule has 0 atom stereocenters. The SMILES string of the molecule is COc1ccc2c(Cn3nnc(-c4ccc(F)cc4)n3)cc(=O)oc2c1. The molecule has 7 nitrogen and oxygen atoms in total. The van der Waals surface area contributed by atoms with Gasteiger partial charge in [-0.25, -0.2) is 9.18 Å². The van der Waals surface area contributed by atoms with Crippen LogP contribution >= 0.6 is 0 Å². The average molecular weight is 352 g/mol. The Labute approximate surface area is 146 Å². The molecule has 0 aliphatic rings. The van der Waals surface area contributed by atoms with Crippen LogP contribution in [0.25, 0.3) is 22.4 Å². The Bertz CT molecular complexity index is 1140. The Hall–Kier alpha value is -3.55. The summed E-state index contributed by atoms with van der Waals surface area (Å²) in [5.74, 6) is 0.633. The quantitative estimate of drug-likeness (QED) is 0.525. The van der Waals surface area contributed by atoms with E-state index in [1.165, 1.54) is 23.0 Å². The van der Waals surface area contributed by atoms with Gasteiger partial charge in [0.25, 0.3) is 0 Å². The second-order valence-corrected chi connectivity index (χ2v) is 5.60. The van der Waals surface area contributed by atoms with Crippen LogP contribution in [0.2, 0.25) is 0 Å². The molecule has 0 aliphatic carbocycles. The molecule has 4 rings (SSSR count). The van der Waals surface area contributed by atoms with Gasteiger partial charge in [-0.05, 0) is 47.2 Å². The Morgan fingerprint density at radius 2 is 1.96 bits per heavy atom. The summed E-state index contributed by atoms with van der Waals surface area (Å²) in [4.78, 5) is 13.2. The van der Waals surface area contributed by atoms with Crippen molar-refractivity contribution in [2.75, 3.05) is 7.11 Å². The van der Waals surface area contributed by atoms with E-state index in [9.17, 15) is 9.18 Å². The Morgan fingerprint density at radius 3 is 2.73 bits per heavy atom. The lowest BCUT2D eigenvalue weighted by Crippen LogP contribution is -2.08. The smallest absolute Gasteiger partial charge is 0.336 e. The van der Waals surface area contributed by atoms with Crippen molar-refractivity contribution in [3.63, 3.8) is 0 Å². The number of nitrogens with zero attached hydrogens (tertiary/aromatic N) is 4. The van der Waals surface area contributed by atoms with Gasteiger partial charge in [0.05, 0.1) is 13.7 Å². The molecule has 0 saturated carbocycles. The number of hydrogen-bond donors (Lipinski definition) is 0. The Kier molecular flexibility index (Phi) is 3.92. The number of hydrogen-bond acceptors (Lipinski definition) is 6. The highest BCUT2D eigenvalue weighted by molar-refractivity contribution is 5.81. The van der Waals surface area contributed by atoms with Gasteiger partial charge in [0, 0.05) is 23.1 Å². The highest BCUT2D eigenvalue weighted by Crippen LogP contribution is 2.23. The van der Waals surface area contributed by atoms with Gasteiger partial charge in [0.2, 0.25) is 5.82 Å². The first-order valence-electron chi connectivity index (χ1n) is 7.77. The zero-order valence-corrected chi connectivity index (χ0v) is 13.7. The van der Waals surface area contributed by atoms with Crippen molar-refractivity contribution in [3.8, 4) is 17.1 Å². The second-order valence-electron chi connectivity index (χ2n) is 5.60. The Balaban J connectivity index is 1.69. The van der Waals surface area contributed by atoms with E-state index in [4.69, 9.17) is 9.15 Å². The molecule has 26 heavy (non-hydrogen) atoms.